The Morgan fingerprint density at radius 1 is 1.16 bits per heavy atom. The molecule has 1 aliphatic heterocycles. The molecule has 2 N–H and O–H groups in total. The fraction of sp³-hybridized carbons (Fsp3) is 0.864. The van der Waals surface area contributed by atoms with Gasteiger partial charge in [-0.3, -0.25) is 4.90 Å². The Morgan fingerprint density at radius 2 is 1.87 bits per heavy atom. The van der Waals surface area contributed by atoms with Crippen molar-refractivity contribution in [1.29, 1.82) is 0 Å². The van der Waals surface area contributed by atoms with E-state index >= 15 is 0 Å². The molecule has 1 saturated heterocycles. The van der Waals surface area contributed by atoms with Crippen LogP contribution in [0.2, 0.25) is 0 Å². The van der Waals surface area contributed by atoms with Crippen LogP contribution in [0.4, 0.5) is 0 Å². The van der Waals surface area contributed by atoms with E-state index in [-0.39, 0.29) is 24.0 Å². The molecule has 2 aliphatic rings. The molecule has 178 valence electrons. The van der Waals surface area contributed by atoms with Crippen molar-refractivity contribution >= 4 is 29.9 Å². The molecule has 0 atom stereocenters. The zero-order valence-electron chi connectivity index (χ0n) is 19.8. The number of aryl methyl sites for hydroxylation is 1. The Hall–Kier alpha value is -0.940. The minimum atomic E-state index is 0. The molecule has 9 heteroatoms. The Kier molecular flexibility index (Phi) is 11.0. The topological polar surface area (TPSA) is 79.6 Å². The minimum Gasteiger partial charge on any atom is -0.379 e. The van der Waals surface area contributed by atoms with Gasteiger partial charge in [0.15, 0.2) is 11.8 Å². The number of aliphatic imine (C=N–C) groups is 1. The summed E-state index contributed by atoms with van der Waals surface area (Å²) in [7, 11) is 2.00. The Labute approximate surface area is 205 Å². The predicted octanol–water partition coefficient (Wildman–Crippen LogP) is 2.72. The van der Waals surface area contributed by atoms with Crippen LogP contribution in [-0.2, 0) is 18.3 Å². The fourth-order valence-corrected chi connectivity index (χ4v) is 4.79. The van der Waals surface area contributed by atoms with E-state index in [2.05, 4.69) is 39.6 Å². The number of nitrogens with zero attached hydrogens (tertiary/aromatic N) is 5. The summed E-state index contributed by atoms with van der Waals surface area (Å²) in [6.07, 6.45) is 6.63. The monoisotopic (exact) mass is 547 g/mol. The number of guanidine groups is 1. The van der Waals surface area contributed by atoms with Gasteiger partial charge in [-0.2, -0.15) is 0 Å². The average molecular weight is 548 g/mol. The number of hydrogen-bond acceptors (Lipinski definition) is 5. The van der Waals surface area contributed by atoms with Crippen molar-refractivity contribution in [3.05, 3.63) is 11.6 Å². The van der Waals surface area contributed by atoms with Crippen LogP contribution in [0.25, 0.3) is 0 Å². The molecular weight excluding hydrogens is 505 g/mol. The molecule has 0 unspecified atom stereocenters. The summed E-state index contributed by atoms with van der Waals surface area (Å²) in [6.45, 7) is 13.7. The summed E-state index contributed by atoms with van der Waals surface area (Å²) in [5.41, 5.74) is 0.405. The van der Waals surface area contributed by atoms with Crippen LogP contribution in [0, 0.1) is 18.3 Å². The molecule has 1 aromatic rings. The maximum Gasteiger partial charge on any atom is 0.191 e. The average Bonchev–Trinajstić information content (AvgIpc) is 3.31. The first-order chi connectivity index (χ1) is 14.5. The van der Waals surface area contributed by atoms with Gasteiger partial charge >= 0.3 is 0 Å². The van der Waals surface area contributed by atoms with Crippen molar-refractivity contribution in [2.45, 2.75) is 59.4 Å². The van der Waals surface area contributed by atoms with E-state index in [0.29, 0.717) is 12.0 Å². The maximum atomic E-state index is 5.45. The van der Waals surface area contributed by atoms with Gasteiger partial charge < -0.3 is 19.9 Å². The highest BCUT2D eigenvalue weighted by Crippen LogP contribution is 2.42. The summed E-state index contributed by atoms with van der Waals surface area (Å²) in [6, 6.07) is 0. The van der Waals surface area contributed by atoms with E-state index in [1.807, 2.05) is 18.5 Å². The Bertz CT molecular complexity index is 679. The highest BCUT2D eigenvalue weighted by atomic mass is 127. The molecule has 3 rings (SSSR count). The third-order valence-electron chi connectivity index (χ3n) is 6.52. The van der Waals surface area contributed by atoms with E-state index in [4.69, 9.17) is 9.73 Å². The molecule has 0 aromatic carbocycles. The first-order valence-corrected chi connectivity index (χ1v) is 11.6. The predicted molar refractivity (Wildman–Crippen MR) is 136 cm³/mol. The van der Waals surface area contributed by atoms with Crippen molar-refractivity contribution in [2.24, 2.45) is 23.4 Å². The molecule has 8 nitrogen and oxygen atoms in total. The van der Waals surface area contributed by atoms with Crippen molar-refractivity contribution in [1.82, 2.24) is 30.3 Å². The molecule has 0 amide bonds. The number of nitrogens with one attached hydrogen (secondary N) is 2. The zero-order valence-corrected chi connectivity index (χ0v) is 22.2. The largest absolute Gasteiger partial charge is 0.379 e. The number of hydrogen-bond donors (Lipinski definition) is 2. The second-order valence-corrected chi connectivity index (χ2v) is 9.43. The van der Waals surface area contributed by atoms with Crippen LogP contribution < -0.4 is 10.6 Å². The van der Waals surface area contributed by atoms with E-state index < -0.39 is 0 Å². The minimum absolute atomic E-state index is 0. The second kappa shape index (κ2) is 12.9. The van der Waals surface area contributed by atoms with Gasteiger partial charge in [0.05, 0.1) is 13.2 Å². The second-order valence-electron chi connectivity index (χ2n) is 9.43. The molecule has 0 spiro atoms. The number of halogens is 1. The van der Waals surface area contributed by atoms with Gasteiger partial charge in [-0.05, 0) is 37.5 Å². The van der Waals surface area contributed by atoms with Crippen LogP contribution in [-0.4, -0.2) is 71.6 Å². The normalized spacial score (nSPS) is 19.5. The molecular formula is C22H42IN7O. The molecule has 2 fully saturated rings. The van der Waals surface area contributed by atoms with Crippen LogP contribution >= 0.6 is 24.0 Å². The van der Waals surface area contributed by atoms with Gasteiger partial charge in [0.2, 0.25) is 0 Å². The van der Waals surface area contributed by atoms with Crippen LogP contribution in [0.15, 0.2) is 4.99 Å². The summed E-state index contributed by atoms with van der Waals surface area (Å²) in [5.74, 6) is 3.41. The Balaban J connectivity index is 0.00000341. The standard InChI is InChI=1S/C22H41N7O.HI/c1-18(2)15-22(7-5-6-8-22)17-25-21(23-9-10-29-11-13-30-14-12-29)24-16-20-27-26-19(3)28(20)4;/h18H,5-17H2,1-4H3,(H2,23,24,25);1H. The lowest BCUT2D eigenvalue weighted by Gasteiger charge is -2.32. The number of aromatic nitrogens is 3. The quantitative estimate of drug-likeness (QED) is 0.281. The van der Waals surface area contributed by atoms with Crippen molar-refractivity contribution in [2.75, 3.05) is 45.9 Å². The van der Waals surface area contributed by atoms with Gasteiger partial charge in [-0.15, -0.1) is 34.2 Å². The maximum absolute atomic E-state index is 5.45. The van der Waals surface area contributed by atoms with E-state index in [1.165, 1.54) is 32.1 Å². The molecule has 1 saturated carbocycles. The summed E-state index contributed by atoms with van der Waals surface area (Å²) in [5, 5.41) is 15.7. The zero-order chi connectivity index (χ0) is 21.4. The van der Waals surface area contributed by atoms with Gasteiger partial charge in [0.1, 0.15) is 12.4 Å². The SMILES string of the molecule is Cc1nnc(CN=C(NCCN2CCOCC2)NCC2(CC(C)C)CCCC2)n1C.I. The van der Waals surface area contributed by atoms with E-state index in [0.717, 1.165) is 69.5 Å². The first kappa shape index (κ1) is 26.3. The van der Waals surface area contributed by atoms with Crippen LogP contribution in [0.5, 0.6) is 0 Å². The number of ether oxygens (including phenoxy) is 1. The molecule has 2 heterocycles. The van der Waals surface area contributed by atoms with Gasteiger partial charge in [-0.1, -0.05) is 26.7 Å². The van der Waals surface area contributed by atoms with Crippen molar-refractivity contribution in [3.63, 3.8) is 0 Å². The lowest BCUT2D eigenvalue weighted by atomic mass is 9.78. The van der Waals surface area contributed by atoms with E-state index in [9.17, 15) is 0 Å². The fourth-order valence-electron chi connectivity index (χ4n) is 4.79. The summed E-state index contributed by atoms with van der Waals surface area (Å²) < 4.78 is 7.46. The van der Waals surface area contributed by atoms with Crippen molar-refractivity contribution < 1.29 is 4.74 Å². The van der Waals surface area contributed by atoms with Crippen LogP contribution in [0.3, 0.4) is 0 Å². The summed E-state index contributed by atoms with van der Waals surface area (Å²) >= 11 is 0. The Morgan fingerprint density at radius 3 is 2.48 bits per heavy atom. The lowest BCUT2D eigenvalue weighted by molar-refractivity contribution is 0.0389. The van der Waals surface area contributed by atoms with Gasteiger partial charge in [0, 0.05) is 39.8 Å². The smallest absolute Gasteiger partial charge is 0.191 e. The lowest BCUT2D eigenvalue weighted by Crippen LogP contribution is -2.47. The third kappa shape index (κ3) is 8.16. The number of morpholine rings is 1. The molecule has 1 aromatic heterocycles. The molecule has 0 radical (unpaired) electrons. The highest BCUT2D eigenvalue weighted by Gasteiger charge is 2.34. The third-order valence-corrected chi connectivity index (χ3v) is 6.52. The van der Waals surface area contributed by atoms with Crippen LogP contribution in [0.1, 0.15) is 57.6 Å². The number of rotatable bonds is 9. The molecule has 1 aliphatic carbocycles. The molecule has 0 bridgehead atoms. The van der Waals surface area contributed by atoms with Gasteiger partial charge in [-0.25, -0.2) is 4.99 Å². The van der Waals surface area contributed by atoms with Gasteiger partial charge in [0.25, 0.3) is 0 Å². The van der Waals surface area contributed by atoms with E-state index in [1.54, 1.807) is 0 Å². The first-order valence-electron chi connectivity index (χ1n) is 11.6. The highest BCUT2D eigenvalue weighted by molar-refractivity contribution is 14.0. The molecule has 31 heavy (non-hydrogen) atoms. The summed E-state index contributed by atoms with van der Waals surface area (Å²) in [4.78, 5) is 7.29. The van der Waals surface area contributed by atoms with Crippen molar-refractivity contribution in [3.8, 4) is 0 Å².